The average Bonchev–Trinajstić information content (AvgIpc) is 2.62. The quantitative estimate of drug-likeness (QED) is 0.672. The van der Waals surface area contributed by atoms with E-state index in [9.17, 15) is 14.0 Å². The second-order valence-corrected chi connectivity index (χ2v) is 5.60. The number of aromatic nitrogens is 3. The van der Waals surface area contributed by atoms with Crippen LogP contribution in [0, 0.1) is 23.0 Å². The molecule has 0 saturated heterocycles. The first-order chi connectivity index (χ1) is 11.6. The smallest absolute Gasteiger partial charge is 0.209 e. The maximum Gasteiger partial charge on any atom is 0.209 e. The van der Waals surface area contributed by atoms with Crippen LogP contribution < -0.4 is 0 Å². The third-order valence-corrected chi connectivity index (χ3v) is 3.91. The van der Waals surface area contributed by atoms with Crippen LogP contribution in [0.3, 0.4) is 0 Å². The molecule has 0 amide bonds. The Hall–Kier alpha value is -2.85. The summed E-state index contributed by atoms with van der Waals surface area (Å²) >= 11 is 1.35. The van der Waals surface area contributed by atoms with Crippen LogP contribution in [0.2, 0.25) is 0 Å². The topological polar surface area (TPSA) is 62.5 Å². The fourth-order valence-corrected chi connectivity index (χ4v) is 2.57. The van der Waals surface area contributed by atoms with Gasteiger partial charge < -0.3 is 0 Å². The van der Waals surface area contributed by atoms with Gasteiger partial charge >= 0.3 is 0 Å². The van der Waals surface area contributed by atoms with Crippen molar-refractivity contribution >= 4 is 11.8 Å². The first-order valence-electron chi connectivity index (χ1n) is 6.86. The van der Waals surface area contributed by atoms with Gasteiger partial charge in [-0.15, -0.1) is 5.10 Å². The summed E-state index contributed by atoms with van der Waals surface area (Å²) in [6.45, 7) is 0. The van der Waals surface area contributed by atoms with Gasteiger partial charge in [0.2, 0.25) is 5.16 Å². The predicted octanol–water partition coefficient (Wildman–Crippen LogP) is 4.08. The molecule has 3 aromatic rings. The van der Waals surface area contributed by atoms with Crippen molar-refractivity contribution in [2.75, 3.05) is 6.26 Å². The Kier molecular flexibility index (Phi) is 4.49. The zero-order chi connectivity index (χ0) is 17.1. The summed E-state index contributed by atoms with van der Waals surface area (Å²) in [5.74, 6) is -1.05. The monoisotopic (exact) mass is 340 g/mol. The van der Waals surface area contributed by atoms with Gasteiger partial charge in [-0.1, -0.05) is 17.8 Å². The molecule has 24 heavy (non-hydrogen) atoms. The zero-order valence-corrected chi connectivity index (χ0v) is 13.3. The number of nitriles is 1. The molecule has 1 aromatic heterocycles. The molecule has 0 radical (unpaired) electrons. The minimum atomic E-state index is -0.545. The molecule has 0 aliphatic heterocycles. The molecule has 0 aliphatic carbocycles. The fraction of sp³-hybridized carbons (Fsp3) is 0.0588. The summed E-state index contributed by atoms with van der Waals surface area (Å²) in [5, 5.41) is 17.4. The number of rotatable bonds is 3. The van der Waals surface area contributed by atoms with E-state index in [1.807, 2.05) is 12.3 Å². The molecule has 0 aliphatic rings. The van der Waals surface area contributed by atoms with Crippen molar-refractivity contribution in [2.24, 2.45) is 0 Å². The Bertz CT molecular complexity index is 954. The van der Waals surface area contributed by atoms with E-state index in [0.29, 0.717) is 22.0 Å². The number of hydrogen-bond donors (Lipinski definition) is 0. The molecule has 0 fully saturated rings. The van der Waals surface area contributed by atoms with Gasteiger partial charge in [0.05, 0.1) is 23.5 Å². The predicted molar refractivity (Wildman–Crippen MR) is 87.1 cm³/mol. The molecule has 0 atom stereocenters. The molecule has 4 nitrogen and oxygen atoms in total. The van der Waals surface area contributed by atoms with E-state index >= 15 is 0 Å². The van der Waals surface area contributed by atoms with Crippen molar-refractivity contribution in [3.8, 4) is 28.5 Å². The number of thioether (sulfide) groups is 1. The zero-order valence-electron chi connectivity index (χ0n) is 12.5. The highest BCUT2D eigenvalue weighted by Crippen LogP contribution is 2.30. The van der Waals surface area contributed by atoms with Gasteiger partial charge in [-0.2, -0.15) is 10.4 Å². The van der Waals surface area contributed by atoms with Crippen molar-refractivity contribution in [3.05, 3.63) is 59.8 Å². The molecule has 118 valence electrons. The van der Waals surface area contributed by atoms with Gasteiger partial charge in [-0.25, -0.2) is 13.8 Å². The van der Waals surface area contributed by atoms with E-state index in [1.165, 1.54) is 36.2 Å². The van der Waals surface area contributed by atoms with Crippen molar-refractivity contribution in [3.63, 3.8) is 0 Å². The van der Waals surface area contributed by atoms with Crippen LogP contribution in [0.1, 0.15) is 5.56 Å². The third-order valence-electron chi connectivity index (χ3n) is 3.38. The van der Waals surface area contributed by atoms with Gasteiger partial charge in [0.15, 0.2) is 0 Å². The normalized spacial score (nSPS) is 10.4. The Morgan fingerprint density at radius 1 is 1.08 bits per heavy atom. The molecular weight excluding hydrogens is 330 g/mol. The van der Waals surface area contributed by atoms with Crippen molar-refractivity contribution in [2.45, 2.75) is 5.16 Å². The lowest BCUT2D eigenvalue weighted by molar-refractivity contribution is 0.625. The number of benzene rings is 2. The first kappa shape index (κ1) is 16.0. The van der Waals surface area contributed by atoms with Gasteiger partial charge in [-0.3, -0.25) is 0 Å². The van der Waals surface area contributed by atoms with Crippen molar-refractivity contribution in [1.82, 2.24) is 15.2 Å². The Morgan fingerprint density at radius 3 is 2.67 bits per heavy atom. The van der Waals surface area contributed by atoms with E-state index in [-0.39, 0.29) is 11.1 Å². The third kappa shape index (κ3) is 3.09. The van der Waals surface area contributed by atoms with Crippen LogP contribution >= 0.6 is 11.8 Å². The van der Waals surface area contributed by atoms with Crippen LogP contribution in [-0.2, 0) is 0 Å². The van der Waals surface area contributed by atoms with Crippen LogP contribution in [0.4, 0.5) is 8.78 Å². The fourth-order valence-electron chi connectivity index (χ4n) is 2.25. The molecule has 2 aromatic carbocycles. The summed E-state index contributed by atoms with van der Waals surface area (Å²) in [6, 6.07) is 9.99. The number of halogens is 2. The van der Waals surface area contributed by atoms with Gasteiger partial charge in [0.25, 0.3) is 0 Å². The molecule has 0 spiro atoms. The Balaban J connectivity index is 2.15. The lowest BCUT2D eigenvalue weighted by Crippen LogP contribution is -1.95. The largest absolute Gasteiger partial charge is 0.219 e. The molecule has 0 unspecified atom stereocenters. The molecule has 7 heteroatoms. The molecule has 0 bridgehead atoms. The highest BCUT2D eigenvalue weighted by atomic mass is 32.2. The number of hydrogen-bond acceptors (Lipinski definition) is 5. The second-order valence-electron chi connectivity index (χ2n) is 4.82. The maximum atomic E-state index is 14.3. The summed E-state index contributed by atoms with van der Waals surface area (Å²) in [5.41, 5.74) is 1.76. The van der Waals surface area contributed by atoms with Gasteiger partial charge in [0.1, 0.15) is 11.6 Å². The summed E-state index contributed by atoms with van der Waals surface area (Å²) in [6.07, 6.45) is 3.31. The van der Waals surface area contributed by atoms with Crippen LogP contribution in [0.5, 0.6) is 0 Å². The summed E-state index contributed by atoms with van der Waals surface area (Å²) in [4.78, 5) is 4.32. The van der Waals surface area contributed by atoms with E-state index in [1.54, 1.807) is 12.1 Å². The molecule has 0 saturated carbocycles. The standard InChI is InChI=1S/C17H10F2N4S/c1-24-17-22-16(9-21-23-17)10-2-5-15(19)14(7-10)13-4-3-12(18)6-11(13)8-20/h2-7,9H,1H3. The molecule has 1 heterocycles. The lowest BCUT2D eigenvalue weighted by atomic mass is 9.97. The second kappa shape index (κ2) is 6.72. The van der Waals surface area contributed by atoms with Crippen LogP contribution in [-0.4, -0.2) is 21.4 Å². The highest BCUT2D eigenvalue weighted by molar-refractivity contribution is 7.98. The molecular formula is C17H10F2N4S. The van der Waals surface area contributed by atoms with Gasteiger partial charge in [0, 0.05) is 16.7 Å². The lowest BCUT2D eigenvalue weighted by Gasteiger charge is -2.09. The molecule has 0 N–H and O–H groups in total. The number of nitrogens with zero attached hydrogens (tertiary/aromatic N) is 4. The Morgan fingerprint density at radius 2 is 1.92 bits per heavy atom. The van der Waals surface area contributed by atoms with Crippen LogP contribution in [0.25, 0.3) is 22.4 Å². The van der Waals surface area contributed by atoms with Crippen molar-refractivity contribution in [1.29, 1.82) is 5.26 Å². The van der Waals surface area contributed by atoms with Crippen LogP contribution in [0.15, 0.2) is 47.8 Å². The highest BCUT2D eigenvalue weighted by Gasteiger charge is 2.13. The van der Waals surface area contributed by atoms with E-state index in [2.05, 4.69) is 15.2 Å². The summed E-state index contributed by atoms with van der Waals surface area (Å²) in [7, 11) is 0. The first-order valence-corrected chi connectivity index (χ1v) is 8.08. The van der Waals surface area contributed by atoms with E-state index in [0.717, 1.165) is 6.07 Å². The van der Waals surface area contributed by atoms with E-state index < -0.39 is 11.6 Å². The van der Waals surface area contributed by atoms with E-state index in [4.69, 9.17) is 0 Å². The van der Waals surface area contributed by atoms with Gasteiger partial charge in [-0.05, 0) is 36.6 Å². The minimum absolute atomic E-state index is 0.0664. The SMILES string of the molecule is CSc1nncc(-c2ccc(F)c(-c3ccc(F)cc3C#N)c2)n1. The minimum Gasteiger partial charge on any atom is -0.219 e. The maximum absolute atomic E-state index is 14.3. The Labute approximate surface area is 141 Å². The van der Waals surface area contributed by atoms with Crippen molar-refractivity contribution < 1.29 is 8.78 Å². The molecule has 3 rings (SSSR count). The summed E-state index contributed by atoms with van der Waals surface area (Å²) < 4.78 is 27.6. The average molecular weight is 340 g/mol.